The van der Waals surface area contributed by atoms with Crippen LogP contribution in [0.3, 0.4) is 0 Å². The van der Waals surface area contributed by atoms with Crippen LogP contribution in [-0.4, -0.2) is 11.4 Å². The molecule has 0 aliphatic heterocycles. The van der Waals surface area contributed by atoms with E-state index in [1.807, 2.05) is 14.0 Å². The Labute approximate surface area is 83.4 Å². The molecule has 0 atom stereocenters. The summed E-state index contributed by atoms with van der Waals surface area (Å²) in [5.74, 6) is 0. The van der Waals surface area contributed by atoms with Crippen molar-refractivity contribution in [2.75, 3.05) is 7.05 Å². The van der Waals surface area contributed by atoms with Crippen molar-refractivity contribution >= 4 is 36.3 Å². The Bertz CT molecular complexity index is 190. The van der Waals surface area contributed by atoms with Gasteiger partial charge in [0.2, 0.25) is 0 Å². The van der Waals surface area contributed by atoms with Crippen LogP contribution in [0.5, 0.6) is 0 Å². The summed E-state index contributed by atoms with van der Waals surface area (Å²) in [6.07, 6.45) is 0. The third-order valence-corrected chi connectivity index (χ3v) is 1.99. The molecular formula is C6H12Cl2N2S. The molecule has 1 rings (SSSR count). The summed E-state index contributed by atoms with van der Waals surface area (Å²) < 4.78 is 4.14. The zero-order valence-corrected chi connectivity index (χ0v) is 8.91. The lowest BCUT2D eigenvalue weighted by molar-refractivity contribution is 0.812. The van der Waals surface area contributed by atoms with Crippen molar-refractivity contribution in [2.45, 2.75) is 13.5 Å². The maximum Gasteiger partial charge on any atom is 0.0556 e. The van der Waals surface area contributed by atoms with Gasteiger partial charge in [-0.05, 0) is 31.1 Å². The molecule has 0 spiro atoms. The number of halogens is 2. The van der Waals surface area contributed by atoms with Crippen molar-refractivity contribution < 1.29 is 0 Å². The second-order valence-corrected chi connectivity index (χ2v) is 2.58. The average Bonchev–Trinajstić information content (AvgIpc) is 2.18. The molecule has 1 aromatic heterocycles. The summed E-state index contributed by atoms with van der Waals surface area (Å²) in [5.41, 5.74) is 2.46. The Morgan fingerprint density at radius 2 is 2.18 bits per heavy atom. The molecule has 11 heavy (non-hydrogen) atoms. The predicted octanol–water partition coefficient (Wildman–Crippen LogP) is 2.01. The summed E-state index contributed by atoms with van der Waals surface area (Å²) in [7, 11) is 1.94. The molecule has 0 bridgehead atoms. The zero-order chi connectivity index (χ0) is 6.69. The molecule has 0 aliphatic carbocycles. The molecule has 0 radical (unpaired) electrons. The SMILES string of the molecule is CNCc1csnc1C.Cl.Cl. The van der Waals surface area contributed by atoms with Crippen LogP contribution in [0.15, 0.2) is 5.38 Å². The van der Waals surface area contributed by atoms with Gasteiger partial charge in [-0.25, -0.2) is 0 Å². The normalized spacial score (nSPS) is 8.18. The molecular weight excluding hydrogens is 203 g/mol. The van der Waals surface area contributed by atoms with Crippen LogP contribution in [0.25, 0.3) is 0 Å². The van der Waals surface area contributed by atoms with Gasteiger partial charge in [-0.15, -0.1) is 24.8 Å². The highest BCUT2D eigenvalue weighted by Crippen LogP contribution is 2.07. The lowest BCUT2D eigenvalue weighted by Crippen LogP contribution is -2.04. The molecule has 1 heterocycles. The van der Waals surface area contributed by atoms with Crippen LogP contribution in [0.1, 0.15) is 11.3 Å². The van der Waals surface area contributed by atoms with Crippen LogP contribution in [0.4, 0.5) is 0 Å². The number of nitrogens with one attached hydrogen (secondary N) is 1. The minimum Gasteiger partial charge on any atom is -0.316 e. The van der Waals surface area contributed by atoms with E-state index >= 15 is 0 Å². The fourth-order valence-corrected chi connectivity index (χ4v) is 1.38. The number of rotatable bonds is 2. The van der Waals surface area contributed by atoms with Crippen LogP contribution in [0.2, 0.25) is 0 Å². The van der Waals surface area contributed by atoms with E-state index in [-0.39, 0.29) is 24.8 Å². The van der Waals surface area contributed by atoms with E-state index in [1.54, 1.807) is 0 Å². The standard InChI is InChI=1S/C6H10N2S.2ClH/c1-5-6(3-7-2)4-9-8-5;;/h4,7H,3H2,1-2H3;2*1H. The van der Waals surface area contributed by atoms with Crippen molar-refractivity contribution in [1.29, 1.82) is 0 Å². The average molecular weight is 215 g/mol. The molecule has 66 valence electrons. The molecule has 2 nitrogen and oxygen atoms in total. The minimum absolute atomic E-state index is 0. The van der Waals surface area contributed by atoms with Gasteiger partial charge in [0.05, 0.1) is 5.69 Å². The Balaban J connectivity index is 0. The number of hydrogen-bond donors (Lipinski definition) is 1. The van der Waals surface area contributed by atoms with Gasteiger partial charge < -0.3 is 5.32 Å². The minimum atomic E-state index is 0. The molecule has 0 aliphatic rings. The van der Waals surface area contributed by atoms with Gasteiger partial charge in [0.1, 0.15) is 0 Å². The van der Waals surface area contributed by atoms with E-state index in [1.165, 1.54) is 17.1 Å². The summed E-state index contributed by atoms with van der Waals surface area (Å²) in [5, 5.41) is 5.15. The van der Waals surface area contributed by atoms with Gasteiger partial charge in [0.15, 0.2) is 0 Å². The molecule has 0 saturated carbocycles. The zero-order valence-electron chi connectivity index (χ0n) is 6.46. The number of aromatic nitrogens is 1. The quantitative estimate of drug-likeness (QED) is 0.816. The summed E-state index contributed by atoms with van der Waals surface area (Å²) >= 11 is 1.52. The molecule has 5 heteroatoms. The van der Waals surface area contributed by atoms with E-state index in [0.717, 1.165) is 12.2 Å². The molecule has 1 N–H and O–H groups in total. The summed E-state index contributed by atoms with van der Waals surface area (Å²) in [4.78, 5) is 0. The molecule has 1 aromatic rings. The monoisotopic (exact) mass is 214 g/mol. The van der Waals surface area contributed by atoms with E-state index in [0.29, 0.717) is 0 Å². The van der Waals surface area contributed by atoms with E-state index in [2.05, 4.69) is 15.1 Å². The molecule has 0 fully saturated rings. The molecule has 0 aromatic carbocycles. The second kappa shape index (κ2) is 6.85. The maximum atomic E-state index is 4.14. The lowest BCUT2D eigenvalue weighted by Gasteiger charge is -1.93. The van der Waals surface area contributed by atoms with Gasteiger partial charge in [-0.3, -0.25) is 0 Å². The second-order valence-electron chi connectivity index (χ2n) is 1.96. The van der Waals surface area contributed by atoms with Crippen molar-refractivity contribution in [3.05, 3.63) is 16.6 Å². The predicted molar refractivity (Wildman–Crippen MR) is 54.1 cm³/mol. The van der Waals surface area contributed by atoms with Crippen LogP contribution < -0.4 is 5.32 Å². The lowest BCUT2D eigenvalue weighted by atomic mass is 10.3. The first kappa shape index (κ1) is 13.7. The first-order valence-electron chi connectivity index (χ1n) is 2.89. The smallest absolute Gasteiger partial charge is 0.0556 e. The molecule has 0 amide bonds. The fourth-order valence-electron chi connectivity index (χ4n) is 0.673. The van der Waals surface area contributed by atoms with Gasteiger partial charge in [0, 0.05) is 11.9 Å². The topological polar surface area (TPSA) is 24.9 Å². The Kier molecular flexibility index (Phi) is 8.56. The van der Waals surface area contributed by atoms with Crippen LogP contribution in [-0.2, 0) is 6.54 Å². The first-order valence-corrected chi connectivity index (χ1v) is 3.72. The van der Waals surface area contributed by atoms with E-state index in [4.69, 9.17) is 0 Å². The Hall–Kier alpha value is 0.170. The van der Waals surface area contributed by atoms with Crippen molar-refractivity contribution in [1.82, 2.24) is 9.69 Å². The third-order valence-electron chi connectivity index (χ3n) is 1.22. The maximum absolute atomic E-state index is 4.14. The largest absolute Gasteiger partial charge is 0.316 e. The van der Waals surface area contributed by atoms with Crippen molar-refractivity contribution in [3.8, 4) is 0 Å². The van der Waals surface area contributed by atoms with Crippen molar-refractivity contribution in [3.63, 3.8) is 0 Å². The molecule has 0 unspecified atom stereocenters. The highest BCUT2D eigenvalue weighted by atomic mass is 35.5. The highest BCUT2D eigenvalue weighted by molar-refractivity contribution is 7.03. The molecule has 0 saturated heterocycles. The van der Waals surface area contributed by atoms with Gasteiger partial charge in [-0.1, -0.05) is 0 Å². The summed E-state index contributed by atoms with van der Waals surface area (Å²) in [6, 6.07) is 0. The van der Waals surface area contributed by atoms with Gasteiger partial charge in [0.25, 0.3) is 0 Å². The van der Waals surface area contributed by atoms with Crippen molar-refractivity contribution in [2.24, 2.45) is 0 Å². The number of hydrogen-bond acceptors (Lipinski definition) is 3. The Morgan fingerprint density at radius 3 is 2.55 bits per heavy atom. The Morgan fingerprint density at radius 1 is 1.55 bits per heavy atom. The van der Waals surface area contributed by atoms with Gasteiger partial charge in [-0.2, -0.15) is 4.37 Å². The number of aryl methyl sites for hydroxylation is 1. The number of nitrogens with zero attached hydrogens (tertiary/aromatic N) is 1. The first-order chi connectivity index (χ1) is 4.34. The van der Waals surface area contributed by atoms with E-state index in [9.17, 15) is 0 Å². The van der Waals surface area contributed by atoms with E-state index < -0.39 is 0 Å². The fraction of sp³-hybridized carbons (Fsp3) is 0.500. The van der Waals surface area contributed by atoms with Crippen LogP contribution in [0, 0.1) is 6.92 Å². The van der Waals surface area contributed by atoms with Gasteiger partial charge >= 0.3 is 0 Å². The highest BCUT2D eigenvalue weighted by Gasteiger charge is 1.96. The third kappa shape index (κ3) is 3.91. The summed E-state index contributed by atoms with van der Waals surface area (Å²) in [6.45, 7) is 2.96. The van der Waals surface area contributed by atoms with Crippen LogP contribution >= 0.6 is 36.3 Å².